The van der Waals surface area contributed by atoms with Crippen LogP contribution in [0, 0.1) is 0 Å². The quantitative estimate of drug-likeness (QED) is 0.735. The number of aromatic nitrogens is 2. The molecule has 6 nitrogen and oxygen atoms in total. The Labute approximate surface area is 98.4 Å². The van der Waals surface area contributed by atoms with Crippen LogP contribution in [0.15, 0.2) is 5.38 Å². The van der Waals surface area contributed by atoms with Gasteiger partial charge in [-0.25, -0.2) is 0 Å². The number of rotatable bonds is 5. The molecule has 1 atom stereocenters. The first-order chi connectivity index (χ1) is 7.41. The zero-order valence-electron chi connectivity index (χ0n) is 9.60. The molecule has 0 bridgehead atoms. The lowest BCUT2D eigenvalue weighted by Gasteiger charge is -2.26. The highest BCUT2D eigenvalue weighted by atomic mass is 32.1. The summed E-state index contributed by atoms with van der Waals surface area (Å²) in [6.07, 6.45) is 0. The molecule has 1 aromatic heterocycles. The molecule has 0 aliphatic rings. The van der Waals surface area contributed by atoms with E-state index >= 15 is 0 Å². The van der Waals surface area contributed by atoms with Gasteiger partial charge in [-0.1, -0.05) is 4.49 Å². The Kier molecular flexibility index (Phi) is 4.34. The maximum absolute atomic E-state index is 11.5. The van der Waals surface area contributed by atoms with Gasteiger partial charge in [0.1, 0.15) is 0 Å². The maximum Gasteiger partial charge on any atom is 0.272 e. The number of hydrogen-bond donors (Lipinski definition) is 2. The third-order valence-corrected chi connectivity index (χ3v) is 2.38. The number of amides is 1. The monoisotopic (exact) mass is 244 g/mol. The predicted octanol–water partition coefficient (Wildman–Crippen LogP) is -0.420. The van der Waals surface area contributed by atoms with Gasteiger partial charge in [-0.3, -0.25) is 4.79 Å². The van der Waals surface area contributed by atoms with Crippen molar-refractivity contribution in [1.29, 1.82) is 0 Å². The van der Waals surface area contributed by atoms with Crippen LogP contribution < -0.4 is 5.32 Å². The average Bonchev–Trinajstić information content (AvgIpc) is 2.64. The fourth-order valence-electron chi connectivity index (χ4n) is 1.36. The molecule has 2 N–H and O–H groups in total. The van der Waals surface area contributed by atoms with E-state index in [2.05, 4.69) is 14.9 Å². The topological polar surface area (TPSA) is 78.4 Å². The van der Waals surface area contributed by atoms with Crippen molar-refractivity contribution in [1.82, 2.24) is 19.8 Å². The lowest BCUT2D eigenvalue weighted by atomic mass is 10.1. The van der Waals surface area contributed by atoms with E-state index in [0.717, 1.165) is 11.5 Å². The molecule has 0 spiro atoms. The summed E-state index contributed by atoms with van der Waals surface area (Å²) >= 11 is 1.12. The van der Waals surface area contributed by atoms with Crippen LogP contribution in [0.5, 0.6) is 0 Å². The smallest absolute Gasteiger partial charge is 0.272 e. The third-order valence-electron chi connectivity index (χ3n) is 1.88. The average molecular weight is 244 g/mol. The van der Waals surface area contributed by atoms with Crippen molar-refractivity contribution >= 4 is 17.4 Å². The first kappa shape index (κ1) is 13.0. The predicted molar refractivity (Wildman–Crippen MR) is 61.4 cm³/mol. The Morgan fingerprint density at radius 2 is 2.38 bits per heavy atom. The van der Waals surface area contributed by atoms with Gasteiger partial charge in [0.05, 0.1) is 5.60 Å². The molecule has 16 heavy (non-hydrogen) atoms. The summed E-state index contributed by atoms with van der Waals surface area (Å²) in [4.78, 5) is 13.4. The second-order valence-electron chi connectivity index (χ2n) is 4.21. The molecule has 7 heteroatoms. The summed E-state index contributed by atoms with van der Waals surface area (Å²) in [5, 5.41) is 17.8. The van der Waals surface area contributed by atoms with Crippen molar-refractivity contribution in [3.63, 3.8) is 0 Å². The molecule has 0 aliphatic heterocycles. The van der Waals surface area contributed by atoms with Crippen LogP contribution >= 0.6 is 11.5 Å². The molecule has 0 fully saturated rings. The van der Waals surface area contributed by atoms with Gasteiger partial charge in [-0.05, 0) is 32.6 Å². The Hall–Kier alpha value is -1.05. The van der Waals surface area contributed by atoms with E-state index in [9.17, 15) is 9.90 Å². The number of hydrogen-bond acceptors (Lipinski definition) is 6. The lowest BCUT2D eigenvalue weighted by Crippen LogP contribution is -2.47. The third kappa shape index (κ3) is 4.21. The van der Waals surface area contributed by atoms with Crippen molar-refractivity contribution in [3.8, 4) is 0 Å². The minimum absolute atomic E-state index is 0.182. The Balaban J connectivity index is 2.42. The summed E-state index contributed by atoms with van der Waals surface area (Å²) in [5.41, 5.74) is -0.673. The fraction of sp³-hybridized carbons (Fsp3) is 0.667. The number of nitrogens with zero attached hydrogens (tertiary/aromatic N) is 3. The highest BCUT2D eigenvalue weighted by Crippen LogP contribution is 2.03. The second-order valence-corrected chi connectivity index (χ2v) is 4.82. The van der Waals surface area contributed by atoms with Crippen molar-refractivity contribution in [3.05, 3.63) is 11.1 Å². The zero-order valence-corrected chi connectivity index (χ0v) is 10.4. The normalized spacial score (nSPS) is 14.8. The van der Waals surface area contributed by atoms with Gasteiger partial charge in [-0.2, -0.15) is 0 Å². The molecule has 0 aliphatic carbocycles. The molecule has 1 heterocycles. The van der Waals surface area contributed by atoms with E-state index in [1.807, 2.05) is 19.0 Å². The van der Waals surface area contributed by atoms with Crippen molar-refractivity contribution in [2.24, 2.45) is 0 Å². The summed E-state index contributed by atoms with van der Waals surface area (Å²) in [6, 6.07) is 0. The summed E-state index contributed by atoms with van der Waals surface area (Å²) < 4.78 is 3.60. The first-order valence-corrected chi connectivity index (χ1v) is 5.67. The Morgan fingerprint density at radius 3 is 2.88 bits per heavy atom. The Morgan fingerprint density at radius 1 is 1.69 bits per heavy atom. The molecule has 90 valence electrons. The lowest BCUT2D eigenvalue weighted by molar-refractivity contribution is 0.0325. The molecule has 1 rings (SSSR count). The Bertz CT molecular complexity index is 337. The van der Waals surface area contributed by atoms with Crippen molar-refractivity contribution < 1.29 is 9.90 Å². The van der Waals surface area contributed by atoms with E-state index in [4.69, 9.17) is 0 Å². The highest BCUT2D eigenvalue weighted by Gasteiger charge is 2.22. The standard InChI is InChI=1S/C9H16N4O2S/c1-9(15,6-13(2)3)5-10-8(14)7-4-16-12-11-7/h4,15H,5-6H2,1-3H3,(H,10,14). The van der Waals surface area contributed by atoms with E-state index in [1.54, 1.807) is 12.3 Å². The molecule has 1 amide bonds. The molecule has 1 aromatic rings. The van der Waals surface area contributed by atoms with Gasteiger partial charge in [-0.15, -0.1) is 5.10 Å². The number of likely N-dealkylation sites (N-methyl/N-ethyl adjacent to an activating group) is 1. The van der Waals surface area contributed by atoms with Crippen LogP contribution in [0.1, 0.15) is 17.4 Å². The maximum atomic E-state index is 11.5. The SMILES string of the molecule is CN(C)CC(C)(O)CNC(=O)c1csnn1. The van der Waals surface area contributed by atoms with E-state index in [1.165, 1.54) is 0 Å². The largest absolute Gasteiger partial charge is 0.387 e. The molecule has 0 aromatic carbocycles. The van der Waals surface area contributed by atoms with Crippen LogP contribution in [-0.4, -0.2) is 58.3 Å². The van der Waals surface area contributed by atoms with Gasteiger partial charge in [0, 0.05) is 18.5 Å². The van der Waals surface area contributed by atoms with Crippen LogP contribution in [0.4, 0.5) is 0 Å². The number of carbonyl (C=O) groups is 1. The second kappa shape index (κ2) is 5.33. The molecule has 0 radical (unpaired) electrons. The molecule has 0 saturated carbocycles. The first-order valence-electron chi connectivity index (χ1n) is 4.83. The minimum Gasteiger partial charge on any atom is -0.387 e. The highest BCUT2D eigenvalue weighted by molar-refractivity contribution is 7.03. The number of nitrogens with one attached hydrogen (secondary N) is 1. The van der Waals surface area contributed by atoms with Crippen LogP contribution in [0.3, 0.4) is 0 Å². The van der Waals surface area contributed by atoms with Crippen LogP contribution in [0.25, 0.3) is 0 Å². The number of aliphatic hydroxyl groups is 1. The van der Waals surface area contributed by atoms with Gasteiger partial charge < -0.3 is 15.3 Å². The van der Waals surface area contributed by atoms with Crippen LogP contribution in [0.2, 0.25) is 0 Å². The van der Waals surface area contributed by atoms with Gasteiger partial charge in [0.2, 0.25) is 0 Å². The van der Waals surface area contributed by atoms with E-state index < -0.39 is 5.60 Å². The molecular weight excluding hydrogens is 228 g/mol. The molecule has 0 saturated heterocycles. The van der Waals surface area contributed by atoms with Gasteiger partial charge in [0.15, 0.2) is 5.69 Å². The fourth-order valence-corrected chi connectivity index (χ4v) is 1.80. The van der Waals surface area contributed by atoms with E-state index in [0.29, 0.717) is 6.54 Å². The zero-order chi connectivity index (χ0) is 12.2. The van der Waals surface area contributed by atoms with Crippen molar-refractivity contribution in [2.75, 3.05) is 27.2 Å². The molecular formula is C9H16N4O2S. The number of carbonyl (C=O) groups excluding carboxylic acids is 1. The van der Waals surface area contributed by atoms with Crippen molar-refractivity contribution in [2.45, 2.75) is 12.5 Å². The van der Waals surface area contributed by atoms with E-state index in [-0.39, 0.29) is 18.1 Å². The summed E-state index contributed by atoms with van der Waals surface area (Å²) in [5.74, 6) is -0.312. The van der Waals surface area contributed by atoms with Gasteiger partial charge in [0.25, 0.3) is 5.91 Å². The van der Waals surface area contributed by atoms with Gasteiger partial charge >= 0.3 is 0 Å². The molecule has 1 unspecified atom stereocenters. The van der Waals surface area contributed by atoms with Crippen LogP contribution in [-0.2, 0) is 0 Å². The minimum atomic E-state index is -0.956. The summed E-state index contributed by atoms with van der Waals surface area (Å²) in [6.45, 7) is 2.33. The summed E-state index contributed by atoms with van der Waals surface area (Å²) in [7, 11) is 3.72.